The van der Waals surface area contributed by atoms with Gasteiger partial charge in [0, 0.05) is 11.2 Å². The number of hydrogen-bond acceptors (Lipinski definition) is 4. The molecule has 1 N–H and O–H groups in total. The van der Waals surface area contributed by atoms with Crippen molar-refractivity contribution in [1.82, 2.24) is 9.13 Å². The highest BCUT2D eigenvalue weighted by Gasteiger charge is 2.20. The van der Waals surface area contributed by atoms with Crippen LogP contribution in [0.1, 0.15) is 5.56 Å². The molecule has 31 heavy (non-hydrogen) atoms. The zero-order chi connectivity index (χ0) is 22.0. The minimum absolute atomic E-state index is 0.168. The van der Waals surface area contributed by atoms with E-state index in [1.165, 1.54) is 12.3 Å². The van der Waals surface area contributed by atoms with Crippen molar-refractivity contribution in [2.75, 3.05) is 0 Å². The van der Waals surface area contributed by atoms with Gasteiger partial charge in [0.1, 0.15) is 5.56 Å². The predicted molar refractivity (Wildman–Crippen MR) is 123 cm³/mol. The van der Waals surface area contributed by atoms with E-state index in [9.17, 15) is 14.7 Å². The first kappa shape index (κ1) is 20.7. The molecular weight excluding hydrogens is 437 g/mol. The summed E-state index contributed by atoms with van der Waals surface area (Å²) < 4.78 is 2.04. The first-order chi connectivity index (χ1) is 15.0. The second kappa shape index (κ2) is 8.63. The normalized spacial score (nSPS) is 11.2. The first-order valence-corrected chi connectivity index (χ1v) is 9.94. The molecule has 1 heterocycles. The van der Waals surface area contributed by atoms with Gasteiger partial charge in [0.15, 0.2) is 0 Å². The number of hydrogen-bond donors (Lipinski definition) is 1. The monoisotopic (exact) mass is 451 g/mol. The summed E-state index contributed by atoms with van der Waals surface area (Å²) in [5, 5.41) is 11.6. The van der Waals surface area contributed by atoms with Crippen molar-refractivity contribution in [3.63, 3.8) is 0 Å². The molecule has 0 bridgehead atoms. The molecule has 0 aliphatic heterocycles. The van der Waals surface area contributed by atoms with Gasteiger partial charge in [-0.1, -0.05) is 59.6 Å². The Bertz CT molecular complexity index is 1400. The van der Waals surface area contributed by atoms with Gasteiger partial charge in [-0.05, 0) is 42.5 Å². The number of aliphatic imine (C=N–C) groups is 1. The molecule has 154 valence electrons. The summed E-state index contributed by atoms with van der Waals surface area (Å²) in [4.78, 5) is 30.6. The SMILES string of the molecule is O=c1c(C=Nc2ccc(Cl)cc2Cl)c(O)n(-c2ccccc2)c(=O)n1-c1ccccc1. The lowest BCUT2D eigenvalue weighted by Crippen LogP contribution is -2.40. The van der Waals surface area contributed by atoms with E-state index in [4.69, 9.17) is 23.2 Å². The topological polar surface area (TPSA) is 76.6 Å². The number of rotatable bonds is 4. The van der Waals surface area contributed by atoms with Crippen molar-refractivity contribution in [3.05, 3.63) is 115 Å². The summed E-state index contributed by atoms with van der Waals surface area (Å²) in [6, 6.07) is 21.7. The van der Waals surface area contributed by atoms with Crippen LogP contribution >= 0.6 is 23.2 Å². The molecular formula is C23H15Cl2N3O3. The fourth-order valence-electron chi connectivity index (χ4n) is 3.06. The fourth-order valence-corrected chi connectivity index (χ4v) is 3.52. The van der Waals surface area contributed by atoms with E-state index >= 15 is 0 Å². The van der Waals surface area contributed by atoms with E-state index in [0.717, 1.165) is 9.13 Å². The molecule has 4 aromatic rings. The smallest absolute Gasteiger partial charge is 0.343 e. The summed E-state index contributed by atoms with van der Waals surface area (Å²) >= 11 is 12.1. The highest BCUT2D eigenvalue weighted by Crippen LogP contribution is 2.28. The lowest BCUT2D eigenvalue weighted by Gasteiger charge is -2.14. The molecule has 1 aromatic heterocycles. The molecule has 3 aromatic carbocycles. The van der Waals surface area contributed by atoms with Gasteiger partial charge in [0.25, 0.3) is 5.56 Å². The van der Waals surface area contributed by atoms with Crippen molar-refractivity contribution in [1.29, 1.82) is 0 Å². The van der Waals surface area contributed by atoms with Crippen molar-refractivity contribution in [3.8, 4) is 17.3 Å². The van der Waals surface area contributed by atoms with E-state index in [1.807, 2.05) is 0 Å². The van der Waals surface area contributed by atoms with Crippen LogP contribution in [0.15, 0.2) is 93.4 Å². The van der Waals surface area contributed by atoms with Gasteiger partial charge in [-0.3, -0.25) is 9.79 Å². The second-order valence-corrected chi connectivity index (χ2v) is 7.36. The predicted octanol–water partition coefficient (Wildman–Crippen LogP) is 4.75. The molecule has 0 saturated carbocycles. The van der Waals surface area contributed by atoms with Crippen LogP contribution in [0.5, 0.6) is 5.88 Å². The van der Waals surface area contributed by atoms with Crippen molar-refractivity contribution >= 4 is 35.1 Å². The average molecular weight is 452 g/mol. The number of nitrogens with zero attached hydrogens (tertiary/aromatic N) is 3. The highest BCUT2D eigenvalue weighted by molar-refractivity contribution is 6.36. The molecule has 0 saturated heterocycles. The molecule has 0 fully saturated rings. The second-order valence-electron chi connectivity index (χ2n) is 6.52. The van der Waals surface area contributed by atoms with E-state index in [-0.39, 0.29) is 10.6 Å². The van der Waals surface area contributed by atoms with Gasteiger partial charge in [-0.15, -0.1) is 0 Å². The maximum absolute atomic E-state index is 13.2. The van der Waals surface area contributed by atoms with Crippen molar-refractivity contribution in [2.45, 2.75) is 0 Å². The first-order valence-electron chi connectivity index (χ1n) is 9.18. The molecule has 0 aliphatic carbocycles. The molecule has 0 aliphatic rings. The molecule has 8 heteroatoms. The Kier molecular flexibility index (Phi) is 5.75. The molecule has 0 spiro atoms. The summed E-state index contributed by atoms with van der Waals surface area (Å²) in [6.45, 7) is 0. The van der Waals surface area contributed by atoms with Gasteiger partial charge < -0.3 is 5.11 Å². The van der Waals surface area contributed by atoms with Crippen LogP contribution in [-0.4, -0.2) is 20.5 Å². The minimum atomic E-state index is -0.713. The van der Waals surface area contributed by atoms with Gasteiger partial charge >= 0.3 is 5.69 Å². The van der Waals surface area contributed by atoms with Crippen LogP contribution < -0.4 is 11.2 Å². The quantitative estimate of drug-likeness (QED) is 0.454. The van der Waals surface area contributed by atoms with E-state index in [0.29, 0.717) is 22.1 Å². The maximum Gasteiger partial charge on any atom is 0.343 e. The van der Waals surface area contributed by atoms with Crippen LogP contribution in [-0.2, 0) is 0 Å². The Hall–Kier alpha value is -3.61. The molecule has 0 amide bonds. The summed E-state index contributed by atoms with van der Waals surface area (Å²) in [6.07, 6.45) is 1.19. The molecule has 4 rings (SSSR count). The van der Waals surface area contributed by atoms with Gasteiger partial charge in [-0.2, -0.15) is 0 Å². The zero-order valence-electron chi connectivity index (χ0n) is 15.9. The van der Waals surface area contributed by atoms with Gasteiger partial charge in [0.2, 0.25) is 5.88 Å². The number of benzene rings is 3. The Morgan fingerprint density at radius 2 is 1.39 bits per heavy atom. The Morgan fingerprint density at radius 3 is 1.97 bits per heavy atom. The maximum atomic E-state index is 13.2. The van der Waals surface area contributed by atoms with Crippen LogP contribution in [0, 0.1) is 0 Å². The lowest BCUT2D eigenvalue weighted by molar-refractivity contribution is 0.427. The standard InChI is InChI=1S/C23H15Cl2N3O3/c24-15-11-12-20(19(25)13-15)26-14-18-21(29)27(16-7-3-1-4-8-16)23(31)28(22(18)30)17-9-5-2-6-10-17/h1-14,29H. The summed E-state index contributed by atoms with van der Waals surface area (Å²) in [5.74, 6) is -0.526. The molecule has 6 nitrogen and oxygen atoms in total. The number of aromatic hydroxyl groups is 1. The zero-order valence-corrected chi connectivity index (χ0v) is 17.5. The Labute approximate surface area is 186 Å². The number of aromatic nitrogens is 2. The van der Waals surface area contributed by atoms with E-state index < -0.39 is 17.1 Å². The largest absolute Gasteiger partial charge is 0.493 e. The van der Waals surface area contributed by atoms with Gasteiger partial charge in [-0.25, -0.2) is 13.9 Å². The third-order valence-corrected chi connectivity index (χ3v) is 5.08. The number of halogens is 2. The van der Waals surface area contributed by atoms with Crippen LogP contribution in [0.4, 0.5) is 5.69 Å². The van der Waals surface area contributed by atoms with Crippen LogP contribution in [0.25, 0.3) is 11.4 Å². The summed E-state index contributed by atoms with van der Waals surface area (Å²) in [5.41, 5.74) is -0.474. The Balaban J connectivity index is 2.00. The van der Waals surface area contributed by atoms with Crippen LogP contribution in [0.3, 0.4) is 0 Å². The average Bonchev–Trinajstić information content (AvgIpc) is 2.76. The third-order valence-electron chi connectivity index (χ3n) is 4.54. The minimum Gasteiger partial charge on any atom is -0.493 e. The van der Waals surface area contributed by atoms with Crippen molar-refractivity contribution in [2.24, 2.45) is 4.99 Å². The van der Waals surface area contributed by atoms with Gasteiger partial charge in [0.05, 0.1) is 22.1 Å². The molecule has 0 unspecified atom stereocenters. The third kappa shape index (κ3) is 4.03. The number of para-hydroxylation sites is 2. The van der Waals surface area contributed by atoms with Crippen LogP contribution in [0.2, 0.25) is 10.0 Å². The van der Waals surface area contributed by atoms with E-state index in [2.05, 4.69) is 4.99 Å². The summed E-state index contributed by atoms with van der Waals surface area (Å²) in [7, 11) is 0. The van der Waals surface area contributed by atoms with E-state index in [1.54, 1.807) is 72.8 Å². The highest BCUT2D eigenvalue weighted by atomic mass is 35.5. The Morgan fingerprint density at radius 1 is 0.806 bits per heavy atom. The molecule has 0 radical (unpaired) electrons. The lowest BCUT2D eigenvalue weighted by atomic mass is 10.2. The molecule has 0 atom stereocenters. The van der Waals surface area contributed by atoms with Crippen molar-refractivity contribution < 1.29 is 5.11 Å². The fraction of sp³-hybridized carbons (Fsp3) is 0.